The Labute approximate surface area is 172 Å². The number of fused-ring (bicyclic) bond motifs is 1. The van der Waals surface area contributed by atoms with E-state index in [0.29, 0.717) is 29.6 Å². The van der Waals surface area contributed by atoms with Crippen LogP contribution in [-0.2, 0) is 13.0 Å². The number of pyridine rings is 1. The highest BCUT2D eigenvalue weighted by Gasteiger charge is 2.18. The van der Waals surface area contributed by atoms with E-state index in [0.717, 1.165) is 19.5 Å². The van der Waals surface area contributed by atoms with Crippen LogP contribution in [0.2, 0.25) is 0 Å². The molecule has 1 aromatic carbocycles. The summed E-state index contributed by atoms with van der Waals surface area (Å²) in [7, 11) is 0. The third-order valence-electron chi connectivity index (χ3n) is 4.80. The van der Waals surface area contributed by atoms with Crippen LogP contribution in [-0.4, -0.2) is 56.8 Å². The van der Waals surface area contributed by atoms with Crippen molar-refractivity contribution in [1.29, 1.82) is 0 Å². The quantitative estimate of drug-likeness (QED) is 0.547. The molecule has 0 saturated heterocycles. The first-order valence-corrected chi connectivity index (χ1v) is 10.3. The van der Waals surface area contributed by atoms with Crippen LogP contribution < -0.4 is 10.6 Å². The molecule has 2 aromatic heterocycles. The van der Waals surface area contributed by atoms with Gasteiger partial charge in [0.1, 0.15) is 11.3 Å². The molecule has 3 N–H and O–H groups in total. The number of amides is 1. The Morgan fingerprint density at radius 3 is 2.86 bits per heavy atom. The van der Waals surface area contributed by atoms with E-state index < -0.39 is 6.10 Å². The number of carbonyl (C=O) groups excluding carboxylic acids is 1. The average molecular weight is 411 g/mol. The van der Waals surface area contributed by atoms with Gasteiger partial charge in [-0.3, -0.25) is 15.0 Å². The Bertz CT molecular complexity index is 948. The van der Waals surface area contributed by atoms with Crippen LogP contribution in [0.4, 0.5) is 10.9 Å². The minimum atomic E-state index is -0.512. The van der Waals surface area contributed by atoms with Crippen molar-refractivity contribution >= 4 is 28.2 Å². The molecular formula is C20H22N6O2S. The first-order chi connectivity index (χ1) is 14.2. The van der Waals surface area contributed by atoms with Crippen LogP contribution in [0.15, 0.2) is 48.1 Å². The SMILES string of the molecule is O=C(Nc1nncs1)c1ccc(NCC(O)CN2CCc3ccccc3C2)nc1. The maximum absolute atomic E-state index is 12.1. The molecular weight excluding hydrogens is 388 g/mol. The number of rotatable bonds is 7. The van der Waals surface area contributed by atoms with E-state index >= 15 is 0 Å². The maximum Gasteiger partial charge on any atom is 0.259 e. The molecule has 0 bridgehead atoms. The van der Waals surface area contributed by atoms with Gasteiger partial charge in [-0.05, 0) is 29.7 Å². The lowest BCUT2D eigenvalue weighted by molar-refractivity contribution is 0.102. The summed E-state index contributed by atoms with van der Waals surface area (Å²) >= 11 is 1.25. The van der Waals surface area contributed by atoms with Crippen molar-refractivity contribution in [2.45, 2.75) is 19.1 Å². The molecule has 3 heterocycles. The third kappa shape index (κ3) is 5.14. The van der Waals surface area contributed by atoms with Crippen molar-refractivity contribution < 1.29 is 9.90 Å². The fraction of sp³-hybridized carbons (Fsp3) is 0.300. The van der Waals surface area contributed by atoms with Crippen molar-refractivity contribution in [1.82, 2.24) is 20.1 Å². The summed E-state index contributed by atoms with van der Waals surface area (Å²) in [6.07, 6.45) is 1.99. The standard InChI is InChI=1S/C20H22N6O2S/c27-17(12-26-8-7-14-3-1-2-4-16(14)11-26)10-22-18-6-5-15(9-21-18)19(28)24-20-25-23-13-29-20/h1-6,9,13,17,27H,7-8,10-12H2,(H,21,22)(H,24,25,28). The van der Waals surface area contributed by atoms with Gasteiger partial charge in [0.25, 0.3) is 5.91 Å². The molecule has 0 spiro atoms. The van der Waals surface area contributed by atoms with Gasteiger partial charge in [-0.15, -0.1) is 10.2 Å². The van der Waals surface area contributed by atoms with Crippen LogP contribution in [0, 0.1) is 0 Å². The Kier molecular flexibility index (Phi) is 6.09. The molecule has 29 heavy (non-hydrogen) atoms. The predicted molar refractivity (Wildman–Crippen MR) is 112 cm³/mol. The summed E-state index contributed by atoms with van der Waals surface area (Å²) in [6.45, 7) is 2.81. The Balaban J connectivity index is 1.24. The number of benzene rings is 1. The highest BCUT2D eigenvalue weighted by atomic mass is 32.1. The van der Waals surface area contributed by atoms with Gasteiger partial charge in [0.05, 0.1) is 11.7 Å². The first kappa shape index (κ1) is 19.4. The Morgan fingerprint density at radius 2 is 2.10 bits per heavy atom. The number of β-amino-alcohol motifs (C(OH)–C–C–N with tert-alkyl or cyclic N) is 1. The summed E-state index contributed by atoms with van der Waals surface area (Å²) in [5.41, 5.74) is 4.71. The molecule has 1 aliphatic heterocycles. The van der Waals surface area contributed by atoms with E-state index in [-0.39, 0.29) is 5.91 Å². The maximum atomic E-state index is 12.1. The molecule has 0 saturated carbocycles. The third-order valence-corrected chi connectivity index (χ3v) is 5.41. The molecule has 3 aromatic rings. The molecule has 1 atom stereocenters. The minimum absolute atomic E-state index is 0.286. The molecule has 1 amide bonds. The summed E-state index contributed by atoms with van der Waals surface area (Å²) in [6, 6.07) is 11.9. The second-order valence-electron chi connectivity index (χ2n) is 6.92. The van der Waals surface area contributed by atoms with E-state index in [4.69, 9.17) is 0 Å². The summed E-state index contributed by atoms with van der Waals surface area (Å²) < 4.78 is 0. The molecule has 4 rings (SSSR count). The summed E-state index contributed by atoms with van der Waals surface area (Å²) in [4.78, 5) is 18.6. The first-order valence-electron chi connectivity index (χ1n) is 9.42. The average Bonchev–Trinajstić information content (AvgIpc) is 3.25. The van der Waals surface area contributed by atoms with Crippen LogP contribution in [0.1, 0.15) is 21.5 Å². The van der Waals surface area contributed by atoms with Crippen molar-refractivity contribution in [2.75, 3.05) is 30.3 Å². The summed E-state index contributed by atoms with van der Waals surface area (Å²) in [5.74, 6) is 0.326. The largest absolute Gasteiger partial charge is 0.390 e. The monoisotopic (exact) mass is 410 g/mol. The molecule has 9 heteroatoms. The Morgan fingerprint density at radius 1 is 1.24 bits per heavy atom. The highest BCUT2D eigenvalue weighted by molar-refractivity contribution is 7.13. The lowest BCUT2D eigenvalue weighted by atomic mass is 10.00. The number of carbonyl (C=O) groups is 1. The van der Waals surface area contributed by atoms with Crippen LogP contribution in [0.3, 0.4) is 0 Å². The molecule has 1 aliphatic rings. The van der Waals surface area contributed by atoms with Crippen molar-refractivity contribution in [3.05, 3.63) is 64.8 Å². The number of hydrogen-bond donors (Lipinski definition) is 3. The van der Waals surface area contributed by atoms with Crippen LogP contribution in [0.5, 0.6) is 0 Å². The highest BCUT2D eigenvalue weighted by Crippen LogP contribution is 2.18. The topological polar surface area (TPSA) is 103 Å². The van der Waals surface area contributed by atoms with Gasteiger partial charge >= 0.3 is 0 Å². The van der Waals surface area contributed by atoms with Gasteiger partial charge < -0.3 is 10.4 Å². The van der Waals surface area contributed by atoms with E-state index in [2.05, 4.69) is 55.0 Å². The lowest BCUT2D eigenvalue weighted by Gasteiger charge is -2.30. The van der Waals surface area contributed by atoms with E-state index in [9.17, 15) is 9.90 Å². The van der Waals surface area contributed by atoms with Gasteiger partial charge in [0, 0.05) is 32.4 Å². The van der Waals surface area contributed by atoms with Gasteiger partial charge in [-0.1, -0.05) is 35.6 Å². The van der Waals surface area contributed by atoms with Gasteiger partial charge in [-0.25, -0.2) is 4.98 Å². The van der Waals surface area contributed by atoms with Crippen LogP contribution in [0.25, 0.3) is 0 Å². The van der Waals surface area contributed by atoms with Gasteiger partial charge in [0.15, 0.2) is 0 Å². The Hall–Kier alpha value is -2.88. The molecule has 0 fully saturated rings. The normalized spacial score (nSPS) is 14.8. The van der Waals surface area contributed by atoms with Crippen molar-refractivity contribution in [3.63, 3.8) is 0 Å². The van der Waals surface area contributed by atoms with Crippen LogP contribution >= 0.6 is 11.3 Å². The minimum Gasteiger partial charge on any atom is -0.390 e. The molecule has 8 nitrogen and oxygen atoms in total. The number of nitrogens with zero attached hydrogens (tertiary/aromatic N) is 4. The van der Waals surface area contributed by atoms with E-state index in [1.54, 1.807) is 17.6 Å². The fourth-order valence-corrected chi connectivity index (χ4v) is 3.76. The second-order valence-corrected chi connectivity index (χ2v) is 7.75. The number of aliphatic hydroxyl groups is 1. The number of aliphatic hydroxyl groups excluding tert-OH is 1. The van der Waals surface area contributed by atoms with E-state index in [1.165, 1.54) is 28.7 Å². The number of nitrogens with one attached hydrogen (secondary N) is 2. The molecule has 0 radical (unpaired) electrons. The smallest absolute Gasteiger partial charge is 0.259 e. The van der Waals surface area contributed by atoms with E-state index in [1.807, 2.05) is 0 Å². The number of anilines is 2. The van der Waals surface area contributed by atoms with Crippen molar-refractivity contribution in [3.8, 4) is 0 Å². The second kappa shape index (κ2) is 9.08. The molecule has 1 unspecified atom stereocenters. The fourth-order valence-electron chi connectivity index (χ4n) is 3.32. The van der Waals surface area contributed by atoms with Gasteiger partial charge in [0.2, 0.25) is 5.13 Å². The lowest BCUT2D eigenvalue weighted by Crippen LogP contribution is -2.39. The predicted octanol–water partition coefficient (Wildman–Crippen LogP) is 2.02. The summed E-state index contributed by atoms with van der Waals surface area (Å²) in [5, 5.41) is 24.1. The number of aromatic nitrogens is 3. The van der Waals surface area contributed by atoms with Crippen molar-refractivity contribution in [2.24, 2.45) is 0 Å². The van der Waals surface area contributed by atoms with Gasteiger partial charge in [-0.2, -0.15) is 0 Å². The number of hydrogen-bond acceptors (Lipinski definition) is 8. The zero-order valence-corrected chi connectivity index (χ0v) is 16.6. The molecule has 150 valence electrons. The zero-order valence-electron chi connectivity index (χ0n) is 15.8. The molecule has 0 aliphatic carbocycles. The zero-order chi connectivity index (χ0) is 20.1.